The molecule has 4 aromatic rings. The van der Waals surface area contributed by atoms with Gasteiger partial charge in [-0.25, -0.2) is 9.97 Å². The zero-order valence-electron chi connectivity index (χ0n) is 16.8. The standard InChI is InChI=1S/C24H22N4O2/c1-16-21(27-24(30-16)18-6-3-2-4-7-18)14-22(29)28-12-9-17(10-13-28)20-15-26-23-19(20)8-5-11-25-23/h2-9,11,15H,10,12-14H2,1H3,(H,25,26). The van der Waals surface area contributed by atoms with Crippen LogP contribution in [0.3, 0.4) is 0 Å². The molecule has 1 N–H and O–H groups in total. The summed E-state index contributed by atoms with van der Waals surface area (Å²) in [7, 11) is 0. The van der Waals surface area contributed by atoms with Gasteiger partial charge in [0.15, 0.2) is 0 Å². The van der Waals surface area contributed by atoms with Crippen molar-refractivity contribution in [3.05, 3.63) is 78.0 Å². The minimum atomic E-state index is 0.0712. The molecule has 6 heteroatoms. The van der Waals surface area contributed by atoms with Crippen molar-refractivity contribution in [3.63, 3.8) is 0 Å². The third kappa shape index (κ3) is 3.41. The number of aromatic nitrogens is 3. The molecular weight excluding hydrogens is 376 g/mol. The molecule has 1 amide bonds. The average Bonchev–Trinajstić information content (AvgIpc) is 3.38. The number of hydrogen-bond donors (Lipinski definition) is 1. The van der Waals surface area contributed by atoms with E-state index in [4.69, 9.17) is 4.42 Å². The van der Waals surface area contributed by atoms with Gasteiger partial charge in [-0.05, 0) is 43.2 Å². The Morgan fingerprint density at radius 2 is 2.07 bits per heavy atom. The molecule has 0 saturated carbocycles. The lowest BCUT2D eigenvalue weighted by Crippen LogP contribution is -2.35. The van der Waals surface area contributed by atoms with E-state index in [2.05, 4.69) is 27.1 Å². The topological polar surface area (TPSA) is 75.0 Å². The quantitative estimate of drug-likeness (QED) is 0.553. The third-order valence-corrected chi connectivity index (χ3v) is 5.59. The van der Waals surface area contributed by atoms with Crippen LogP contribution in [0.15, 0.2) is 65.4 Å². The van der Waals surface area contributed by atoms with Crippen LogP contribution < -0.4 is 0 Å². The van der Waals surface area contributed by atoms with Gasteiger partial charge in [-0.1, -0.05) is 24.3 Å². The van der Waals surface area contributed by atoms with E-state index < -0.39 is 0 Å². The fourth-order valence-electron chi connectivity index (χ4n) is 3.91. The molecule has 1 aromatic carbocycles. The summed E-state index contributed by atoms with van der Waals surface area (Å²) in [4.78, 5) is 26.9. The van der Waals surface area contributed by atoms with E-state index in [1.54, 1.807) is 6.20 Å². The Kier molecular flexibility index (Phi) is 4.67. The van der Waals surface area contributed by atoms with Crippen molar-refractivity contribution in [3.8, 4) is 11.5 Å². The highest BCUT2D eigenvalue weighted by Gasteiger charge is 2.22. The number of H-pyrrole nitrogens is 1. The highest BCUT2D eigenvalue weighted by molar-refractivity contribution is 5.91. The summed E-state index contributed by atoms with van der Waals surface area (Å²) < 4.78 is 5.79. The summed E-state index contributed by atoms with van der Waals surface area (Å²) in [5.74, 6) is 1.33. The number of benzene rings is 1. The molecule has 0 bridgehead atoms. The molecule has 1 aliphatic heterocycles. The van der Waals surface area contributed by atoms with Gasteiger partial charge in [0, 0.05) is 42.0 Å². The van der Waals surface area contributed by atoms with Crippen molar-refractivity contribution in [2.24, 2.45) is 0 Å². The highest BCUT2D eigenvalue weighted by atomic mass is 16.4. The average molecular weight is 398 g/mol. The number of aryl methyl sites for hydroxylation is 1. The molecule has 5 rings (SSSR count). The lowest BCUT2D eigenvalue weighted by molar-refractivity contribution is -0.130. The Bertz CT molecular complexity index is 1240. The number of nitrogens with zero attached hydrogens (tertiary/aromatic N) is 3. The summed E-state index contributed by atoms with van der Waals surface area (Å²) in [6, 6.07) is 13.8. The lowest BCUT2D eigenvalue weighted by atomic mass is 9.99. The molecule has 30 heavy (non-hydrogen) atoms. The molecule has 3 aromatic heterocycles. The highest BCUT2D eigenvalue weighted by Crippen LogP contribution is 2.29. The first kappa shape index (κ1) is 18.4. The molecule has 1 aliphatic rings. The van der Waals surface area contributed by atoms with Crippen LogP contribution in [-0.2, 0) is 11.2 Å². The number of aromatic amines is 1. The number of fused-ring (bicyclic) bond motifs is 1. The van der Waals surface area contributed by atoms with Crippen LogP contribution in [-0.4, -0.2) is 38.8 Å². The molecule has 0 atom stereocenters. The minimum Gasteiger partial charge on any atom is -0.441 e. The maximum atomic E-state index is 12.9. The predicted octanol–water partition coefficient (Wildman–Crippen LogP) is 4.38. The lowest BCUT2D eigenvalue weighted by Gasteiger charge is -2.26. The van der Waals surface area contributed by atoms with E-state index in [-0.39, 0.29) is 12.3 Å². The molecular formula is C24H22N4O2. The summed E-state index contributed by atoms with van der Waals surface area (Å²) in [5, 5.41) is 1.12. The maximum Gasteiger partial charge on any atom is 0.229 e. The second kappa shape index (κ2) is 7.63. The number of nitrogens with one attached hydrogen (secondary N) is 1. The first-order chi connectivity index (χ1) is 14.7. The molecule has 6 nitrogen and oxygen atoms in total. The minimum absolute atomic E-state index is 0.0712. The molecule has 4 heterocycles. The van der Waals surface area contributed by atoms with Crippen molar-refractivity contribution in [2.45, 2.75) is 19.8 Å². The second-order valence-electron chi connectivity index (χ2n) is 7.49. The fourth-order valence-corrected chi connectivity index (χ4v) is 3.91. The number of pyridine rings is 1. The summed E-state index contributed by atoms with van der Waals surface area (Å²) >= 11 is 0. The van der Waals surface area contributed by atoms with Crippen LogP contribution in [0.5, 0.6) is 0 Å². The Morgan fingerprint density at radius 1 is 1.20 bits per heavy atom. The zero-order chi connectivity index (χ0) is 20.5. The van der Waals surface area contributed by atoms with Crippen LogP contribution in [0.1, 0.15) is 23.4 Å². The Morgan fingerprint density at radius 3 is 2.87 bits per heavy atom. The molecule has 0 unspecified atom stereocenters. The predicted molar refractivity (Wildman–Crippen MR) is 116 cm³/mol. The molecule has 0 saturated heterocycles. The van der Waals surface area contributed by atoms with Gasteiger partial charge in [-0.3, -0.25) is 4.79 Å². The van der Waals surface area contributed by atoms with Gasteiger partial charge in [0.2, 0.25) is 11.8 Å². The van der Waals surface area contributed by atoms with Gasteiger partial charge in [0.05, 0.1) is 12.1 Å². The molecule has 0 radical (unpaired) electrons. The summed E-state index contributed by atoms with van der Waals surface area (Å²) in [6.07, 6.45) is 7.00. The van der Waals surface area contributed by atoms with E-state index in [0.717, 1.165) is 23.0 Å². The van der Waals surface area contributed by atoms with E-state index in [9.17, 15) is 4.79 Å². The molecule has 0 fully saturated rings. The third-order valence-electron chi connectivity index (χ3n) is 5.59. The van der Waals surface area contributed by atoms with Gasteiger partial charge in [0.25, 0.3) is 0 Å². The maximum absolute atomic E-state index is 12.9. The summed E-state index contributed by atoms with van der Waals surface area (Å²) in [5.41, 5.74) is 4.93. The van der Waals surface area contributed by atoms with Crippen molar-refractivity contribution >= 4 is 22.5 Å². The number of carbonyl (C=O) groups excluding carboxylic acids is 1. The zero-order valence-corrected chi connectivity index (χ0v) is 16.8. The molecule has 0 spiro atoms. The molecule has 0 aliphatic carbocycles. The van der Waals surface area contributed by atoms with Gasteiger partial charge >= 0.3 is 0 Å². The normalized spacial score (nSPS) is 14.2. The van der Waals surface area contributed by atoms with Gasteiger partial charge in [-0.2, -0.15) is 0 Å². The monoisotopic (exact) mass is 398 g/mol. The number of hydrogen-bond acceptors (Lipinski definition) is 4. The van der Waals surface area contributed by atoms with E-state index in [1.807, 2.05) is 54.4 Å². The van der Waals surface area contributed by atoms with Crippen molar-refractivity contribution in [2.75, 3.05) is 13.1 Å². The van der Waals surface area contributed by atoms with Gasteiger partial charge in [-0.15, -0.1) is 0 Å². The number of rotatable bonds is 4. The number of oxazole rings is 1. The van der Waals surface area contributed by atoms with Crippen LogP contribution in [0, 0.1) is 6.92 Å². The van der Waals surface area contributed by atoms with E-state index in [0.29, 0.717) is 30.4 Å². The largest absolute Gasteiger partial charge is 0.441 e. The van der Waals surface area contributed by atoms with Crippen molar-refractivity contribution < 1.29 is 9.21 Å². The van der Waals surface area contributed by atoms with E-state index >= 15 is 0 Å². The fraction of sp³-hybridized carbons (Fsp3) is 0.208. The Balaban J connectivity index is 1.29. The first-order valence-corrected chi connectivity index (χ1v) is 10.1. The van der Waals surface area contributed by atoms with Crippen molar-refractivity contribution in [1.29, 1.82) is 0 Å². The smallest absolute Gasteiger partial charge is 0.229 e. The van der Waals surface area contributed by atoms with Gasteiger partial charge < -0.3 is 14.3 Å². The van der Waals surface area contributed by atoms with Crippen LogP contribution in [0.25, 0.3) is 28.1 Å². The van der Waals surface area contributed by atoms with Gasteiger partial charge in [0.1, 0.15) is 11.4 Å². The SMILES string of the molecule is Cc1oc(-c2ccccc2)nc1CC(=O)N1CC=C(c2c[nH]c3ncccc23)CC1. The van der Waals surface area contributed by atoms with Crippen molar-refractivity contribution in [1.82, 2.24) is 19.9 Å². The van der Waals surface area contributed by atoms with E-state index in [1.165, 1.54) is 11.1 Å². The molecule has 150 valence electrons. The van der Waals surface area contributed by atoms with Crippen LogP contribution >= 0.6 is 0 Å². The van der Waals surface area contributed by atoms with Crippen LogP contribution in [0.4, 0.5) is 0 Å². The second-order valence-corrected chi connectivity index (χ2v) is 7.49. The van der Waals surface area contributed by atoms with Crippen LogP contribution in [0.2, 0.25) is 0 Å². The number of carbonyl (C=O) groups is 1. The first-order valence-electron chi connectivity index (χ1n) is 10.1. The summed E-state index contributed by atoms with van der Waals surface area (Å²) in [6.45, 7) is 3.16. The number of amides is 1. The Labute approximate surface area is 174 Å². The Hall–Kier alpha value is -3.67.